The highest BCUT2D eigenvalue weighted by molar-refractivity contribution is 5.91. The van der Waals surface area contributed by atoms with E-state index in [1.54, 1.807) is 31.3 Å². The molecular formula is C21H17F2N5O2. The van der Waals surface area contributed by atoms with Crippen LogP contribution in [0.15, 0.2) is 36.7 Å². The first kappa shape index (κ1) is 19.7. The summed E-state index contributed by atoms with van der Waals surface area (Å²) in [6.07, 6.45) is -1.43. The number of aliphatic hydroxyl groups is 1. The lowest BCUT2D eigenvalue weighted by molar-refractivity contribution is -0.137. The summed E-state index contributed by atoms with van der Waals surface area (Å²) < 4.78 is 27.2. The Morgan fingerprint density at radius 1 is 1.27 bits per heavy atom. The first-order valence-corrected chi connectivity index (χ1v) is 9.09. The Morgan fingerprint density at radius 2 is 2.07 bits per heavy atom. The average Bonchev–Trinajstić information content (AvgIpc) is 3.00. The molecule has 9 heteroatoms. The number of benzene rings is 1. The van der Waals surface area contributed by atoms with E-state index < -0.39 is 17.9 Å². The van der Waals surface area contributed by atoms with Gasteiger partial charge in [-0.05, 0) is 18.2 Å². The Balaban J connectivity index is 1.77. The number of likely N-dealkylation sites (N-methyl/N-ethyl adjacent to an activating group) is 1. The lowest BCUT2D eigenvalue weighted by atomic mass is 10.0. The maximum atomic E-state index is 13.6. The number of aromatic nitrogens is 3. The third-order valence-electron chi connectivity index (χ3n) is 4.97. The molecule has 30 heavy (non-hydrogen) atoms. The zero-order chi connectivity index (χ0) is 21.5. The van der Waals surface area contributed by atoms with Crippen molar-refractivity contribution in [1.82, 2.24) is 19.9 Å². The number of hydrogen-bond donors (Lipinski definition) is 2. The monoisotopic (exact) mass is 409 g/mol. The van der Waals surface area contributed by atoms with E-state index in [4.69, 9.17) is 5.73 Å². The number of pyridine rings is 1. The van der Waals surface area contributed by atoms with Gasteiger partial charge < -0.3 is 15.7 Å². The lowest BCUT2D eigenvalue weighted by Crippen LogP contribution is -2.37. The maximum Gasteiger partial charge on any atom is 0.267 e. The predicted octanol–water partition coefficient (Wildman–Crippen LogP) is 2.16. The summed E-state index contributed by atoms with van der Waals surface area (Å²) in [6, 6.07) is 7.97. The van der Waals surface area contributed by atoms with Crippen molar-refractivity contribution in [3.63, 3.8) is 0 Å². The van der Waals surface area contributed by atoms with Crippen molar-refractivity contribution in [1.29, 1.82) is 0 Å². The van der Waals surface area contributed by atoms with Gasteiger partial charge in [-0.25, -0.2) is 23.7 Å². The normalized spacial score (nSPS) is 18.7. The number of fused-ring (bicyclic) bond motifs is 1. The van der Waals surface area contributed by atoms with Crippen LogP contribution >= 0.6 is 0 Å². The molecule has 1 atom stereocenters. The summed E-state index contributed by atoms with van der Waals surface area (Å²) in [4.78, 5) is 25.6. The molecule has 4 rings (SSSR count). The fraction of sp³-hybridized carbons (Fsp3) is 0.238. The number of alkyl halides is 2. The van der Waals surface area contributed by atoms with Crippen LogP contribution in [0, 0.1) is 11.8 Å². The quantitative estimate of drug-likeness (QED) is 0.629. The highest BCUT2D eigenvalue weighted by atomic mass is 19.3. The minimum absolute atomic E-state index is 0.00304. The molecule has 7 nitrogen and oxygen atoms in total. The van der Waals surface area contributed by atoms with Crippen LogP contribution < -0.4 is 5.73 Å². The molecule has 3 heterocycles. The molecular weight excluding hydrogens is 392 g/mol. The molecule has 152 valence electrons. The number of anilines is 1. The number of amides is 1. The van der Waals surface area contributed by atoms with Gasteiger partial charge >= 0.3 is 0 Å². The Morgan fingerprint density at radius 3 is 2.77 bits per heavy atom. The van der Waals surface area contributed by atoms with Gasteiger partial charge in [-0.1, -0.05) is 24.0 Å². The van der Waals surface area contributed by atoms with Crippen molar-refractivity contribution in [2.75, 3.05) is 19.3 Å². The molecule has 1 saturated heterocycles. The van der Waals surface area contributed by atoms with Crippen LogP contribution in [0.4, 0.5) is 14.6 Å². The minimum Gasteiger partial charge on any atom is -0.382 e. The number of nitrogens with two attached hydrogens (primary N) is 1. The maximum absolute atomic E-state index is 13.6. The van der Waals surface area contributed by atoms with Crippen LogP contribution in [0.2, 0.25) is 0 Å². The van der Waals surface area contributed by atoms with E-state index in [2.05, 4.69) is 26.8 Å². The second-order valence-corrected chi connectivity index (χ2v) is 7.02. The van der Waals surface area contributed by atoms with E-state index >= 15 is 0 Å². The third-order valence-corrected chi connectivity index (χ3v) is 4.97. The first-order valence-electron chi connectivity index (χ1n) is 9.09. The number of carbonyl (C=O) groups excluding carboxylic acids is 1. The van der Waals surface area contributed by atoms with Gasteiger partial charge in [-0.2, -0.15) is 0 Å². The topological polar surface area (TPSA) is 105 Å². The summed E-state index contributed by atoms with van der Waals surface area (Å²) in [5, 5.41) is 10.4. The van der Waals surface area contributed by atoms with Crippen molar-refractivity contribution in [2.45, 2.75) is 18.4 Å². The smallest absolute Gasteiger partial charge is 0.267 e. The summed E-state index contributed by atoms with van der Waals surface area (Å²) in [6.45, 7) is 0.422. The van der Waals surface area contributed by atoms with E-state index in [1.807, 2.05) is 0 Å². The van der Waals surface area contributed by atoms with E-state index in [0.29, 0.717) is 17.7 Å². The van der Waals surface area contributed by atoms with Gasteiger partial charge in [-0.3, -0.25) is 4.79 Å². The van der Waals surface area contributed by atoms with Crippen molar-refractivity contribution in [3.8, 4) is 23.1 Å². The fourth-order valence-corrected chi connectivity index (χ4v) is 3.30. The molecule has 0 saturated carbocycles. The summed E-state index contributed by atoms with van der Waals surface area (Å²) in [5.74, 6) is 5.00. The number of carbonyl (C=O) groups is 1. The van der Waals surface area contributed by atoms with Gasteiger partial charge in [0.25, 0.3) is 12.3 Å². The molecule has 1 aliphatic rings. The van der Waals surface area contributed by atoms with Crippen LogP contribution in [-0.4, -0.2) is 50.1 Å². The summed E-state index contributed by atoms with van der Waals surface area (Å²) in [7, 11) is 1.60. The molecule has 0 aliphatic carbocycles. The number of hydrogen-bond acceptors (Lipinski definition) is 6. The molecule has 1 aliphatic heterocycles. The molecule has 0 radical (unpaired) electrons. The molecule has 2 aromatic heterocycles. The van der Waals surface area contributed by atoms with Crippen molar-refractivity contribution in [2.24, 2.45) is 0 Å². The van der Waals surface area contributed by atoms with Crippen molar-refractivity contribution >= 4 is 22.8 Å². The second-order valence-electron chi connectivity index (χ2n) is 7.02. The standard InChI is InChI=1S/C21H17F2N5O2/c1-28-8-7-21(30,20(28)29)6-5-12-3-2-4-13(9-12)15-10-14(18(22)23)16-17(27-15)19(24)26-11-25-16/h2-4,9-11,18,30H,7-8H2,1H3,(H2,24,25,26). The molecule has 1 unspecified atom stereocenters. The van der Waals surface area contributed by atoms with E-state index in [1.165, 1.54) is 11.0 Å². The number of nitrogens with zero attached hydrogens (tertiary/aromatic N) is 4. The van der Waals surface area contributed by atoms with Gasteiger partial charge in [-0.15, -0.1) is 0 Å². The van der Waals surface area contributed by atoms with Crippen LogP contribution in [-0.2, 0) is 4.79 Å². The van der Waals surface area contributed by atoms with Gasteiger partial charge in [0.15, 0.2) is 5.82 Å². The lowest BCUT2D eigenvalue weighted by Gasteiger charge is -2.13. The van der Waals surface area contributed by atoms with Crippen molar-refractivity contribution in [3.05, 3.63) is 47.8 Å². The summed E-state index contributed by atoms with van der Waals surface area (Å²) in [5.41, 5.74) is 5.18. The number of halogens is 2. The molecule has 3 aromatic rings. The Labute approximate surface area is 170 Å². The largest absolute Gasteiger partial charge is 0.382 e. The molecule has 1 amide bonds. The molecule has 0 bridgehead atoms. The van der Waals surface area contributed by atoms with Gasteiger partial charge in [0.1, 0.15) is 17.4 Å². The van der Waals surface area contributed by atoms with Crippen LogP contribution in [0.25, 0.3) is 22.3 Å². The zero-order valence-electron chi connectivity index (χ0n) is 15.9. The average molecular weight is 409 g/mol. The van der Waals surface area contributed by atoms with E-state index in [-0.39, 0.29) is 34.5 Å². The van der Waals surface area contributed by atoms with Crippen LogP contribution in [0.1, 0.15) is 24.0 Å². The predicted molar refractivity (Wildman–Crippen MR) is 106 cm³/mol. The minimum atomic E-state index is -2.77. The zero-order valence-corrected chi connectivity index (χ0v) is 15.9. The molecule has 0 spiro atoms. The Kier molecular flexibility index (Phi) is 4.79. The van der Waals surface area contributed by atoms with Crippen LogP contribution in [0.5, 0.6) is 0 Å². The number of nitrogen functional groups attached to an aromatic ring is 1. The molecule has 1 aromatic carbocycles. The second kappa shape index (κ2) is 7.31. The van der Waals surface area contributed by atoms with Gasteiger partial charge in [0.2, 0.25) is 5.60 Å². The highest BCUT2D eigenvalue weighted by Gasteiger charge is 2.42. The Hall–Kier alpha value is -3.64. The third kappa shape index (κ3) is 3.42. The molecule has 3 N–H and O–H groups in total. The summed E-state index contributed by atoms with van der Waals surface area (Å²) >= 11 is 0. The first-order chi connectivity index (χ1) is 14.3. The SMILES string of the molecule is CN1CCC(O)(C#Cc2cccc(-c3cc(C(F)F)c4ncnc(N)c4n3)c2)C1=O. The van der Waals surface area contributed by atoms with Crippen molar-refractivity contribution < 1.29 is 18.7 Å². The number of rotatable bonds is 2. The van der Waals surface area contributed by atoms with E-state index in [0.717, 1.165) is 6.33 Å². The van der Waals surface area contributed by atoms with E-state index in [9.17, 15) is 18.7 Å². The van der Waals surface area contributed by atoms with Gasteiger partial charge in [0, 0.05) is 36.7 Å². The highest BCUT2D eigenvalue weighted by Crippen LogP contribution is 2.31. The fourth-order valence-electron chi connectivity index (χ4n) is 3.30. The Bertz CT molecular complexity index is 1220. The number of likely N-dealkylation sites (tertiary alicyclic amines) is 1. The van der Waals surface area contributed by atoms with Crippen LogP contribution in [0.3, 0.4) is 0 Å². The van der Waals surface area contributed by atoms with Gasteiger partial charge in [0.05, 0.1) is 5.69 Å². The molecule has 1 fully saturated rings.